The molecular weight excluding hydrogens is 648 g/mol. The lowest BCUT2D eigenvalue weighted by atomic mass is 10.1. The molecule has 0 aliphatic carbocycles. The average Bonchev–Trinajstić information content (AvgIpc) is 3.37. The van der Waals surface area contributed by atoms with Gasteiger partial charge in [-0.3, -0.25) is 4.57 Å². The molecule has 246 valence electrons. The molecule has 2 heterocycles. The smallest absolute Gasteiger partial charge is 0.425 e. The summed E-state index contributed by atoms with van der Waals surface area (Å²) in [4.78, 5) is 29.7. The normalized spacial score (nSPS) is 12.3. The number of hydrogen-bond acceptors (Lipinski definition) is 8. The molecule has 0 aliphatic heterocycles. The monoisotopic (exact) mass is 674 g/mol. The zero-order valence-corrected chi connectivity index (χ0v) is 25.9. The molecule has 0 fully saturated rings. The van der Waals surface area contributed by atoms with Gasteiger partial charge in [-0.2, -0.15) is 17.9 Å². The molecule has 3 aromatic carbocycles. The topological polar surface area (TPSA) is 107 Å². The molecule has 0 amide bonds. The van der Waals surface area contributed by atoms with Crippen LogP contribution in [0.25, 0.3) is 16.5 Å². The van der Waals surface area contributed by atoms with Gasteiger partial charge in [-0.25, -0.2) is 19.0 Å². The van der Waals surface area contributed by atoms with Crippen LogP contribution in [0.4, 0.5) is 17.6 Å². The van der Waals surface area contributed by atoms with Gasteiger partial charge in [0.15, 0.2) is 23.5 Å². The summed E-state index contributed by atoms with van der Waals surface area (Å²) in [6.07, 6.45) is -5.84. The molecule has 2 aromatic heterocycles. The Morgan fingerprint density at radius 2 is 1.81 bits per heavy atom. The molecule has 0 aliphatic rings. The van der Waals surface area contributed by atoms with E-state index in [1.165, 1.54) is 29.0 Å². The number of hydrogen-bond donors (Lipinski definition) is 0. The summed E-state index contributed by atoms with van der Waals surface area (Å²) in [6, 6.07) is 15.4. The number of halogens is 5. The lowest BCUT2D eigenvalue weighted by Crippen LogP contribution is -2.31. The fraction of sp³-hybridized carbons (Fsp3) is 0.250. The lowest BCUT2D eigenvalue weighted by molar-refractivity contribution is -0.189. The van der Waals surface area contributed by atoms with E-state index in [9.17, 15) is 27.2 Å². The van der Waals surface area contributed by atoms with Crippen LogP contribution in [0.5, 0.6) is 17.4 Å². The van der Waals surface area contributed by atoms with Crippen molar-refractivity contribution in [1.82, 2.24) is 19.3 Å². The summed E-state index contributed by atoms with van der Waals surface area (Å²) in [6.45, 7) is 3.02. The molecular formula is C32H27ClF4N4O6. The molecule has 10 nitrogen and oxygen atoms in total. The molecule has 0 radical (unpaired) electrons. The number of ether oxygens (including phenoxy) is 4. The van der Waals surface area contributed by atoms with Gasteiger partial charge in [-0.15, -0.1) is 5.10 Å². The maximum absolute atomic E-state index is 14.9. The number of methoxy groups -OCH3 is 1. The number of carbonyl (C=O) groups is 1. The number of fused-ring (bicyclic) bond motifs is 1. The maximum atomic E-state index is 14.9. The predicted molar refractivity (Wildman–Crippen MR) is 163 cm³/mol. The van der Waals surface area contributed by atoms with Crippen molar-refractivity contribution >= 4 is 28.3 Å². The van der Waals surface area contributed by atoms with Gasteiger partial charge in [-0.05, 0) is 49.1 Å². The molecule has 0 saturated carbocycles. The first-order chi connectivity index (χ1) is 22.4. The third-order valence-corrected chi connectivity index (χ3v) is 7.41. The highest BCUT2D eigenvalue weighted by Crippen LogP contribution is 2.41. The highest BCUT2D eigenvalue weighted by molar-refractivity contribution is 6.35. The number of aromatic nitrogens is 4. The number of carbonyl (C=O) groups excluding carboxylic acids is 1. The average molecular weight is 675 g/mol. The van der Waals surface area contributed by atoms with E-state index in [1.807, 2.05) is 30.3 Å². The fourth-order valence-electron chi connectivity index (χ4n) is 4.64. The summed E-state index contributed by atoms with van der Waals surface area (Å²) in [5, 5.41) is 4.07. The number of nitrogens with zero attached hydrogens (tertiary/aromatic N) is 4. The number of alkyl halides is 3. The Balaban J connectivity index is 1.60. The van der Waals surface area contributed by atoms with E-state index in [0.717, 1.165) is 36.4 Å². The Hall–Kier alpha value is -4.95. The minimum Gasteiger partial charge on any atom is -0.480 e. The fourth-order valence-corrected chi connectivity index (χ4v) is 4.91. The zero-order chi connectivity index (χ0) is 33.9. The van der Waals surface area contributed by atoms with E-state index < -0.39 is 46.3 Å². The van der Waals surface area contributed by atoms with Crippen molar-refractivity contribution in [3.05, 3.63) is 105 Å². The van der Waals surface area contributed by atoms with E-state index >= 15 is 0 Å². The third-order valence-electron chi connectivity index (χ3n) is 7.04. The second-order valence-electron chi connectivity index (χ2n) is 10.1. The molecule has 0 spiro atoms. The van der Waals surface area contributed by atoms with Gasteiger partial charge in [0.05, 0.1) is 30.4 Å². The van der Waals surface area contributed by atoms with E-state index in [0.29, 0.717) is 0 Å². The summed E-state index contributed by atoms with van der Waals surface area (Å²) < 4.78 is 79.9. The van der Waals surface area contributed by atoms with Crippen molar-refractivity contribution in [3.63, 3.8) is 0 Å². The molecule has 0 N–H and O–H groups in total. The molecule has 0 bridgehead atoms. The standard InChI is InChI=1S/C32H27ClF4N4O6/c1-4-40-25(17-45-16-19-8-6-5-7-9-19)39-41(31(40)43)21-14-20-12-13-38-29(26(20)24(15-21)46-18(2)32(35,36)37)47-28-23(34)11-10-22(27(28)33)30(42)44-3/h5-15,18H,4,16-17H2,1-3H3/t18-/m0/s1. The van der Waals surface area contributed by atoms with E-state index in [1.54, 1.807) is 6.92 Å². The van der Waals surface area contributed by atoms with Crippen LogP contribution in [-0.2, 0) is 29.2 Å². The second kappa shape index (κ2) is 13.8. The van der Waals surface area contributed by atoms with Crippen molar-refractivity contribution in [2.24, 2.45) is 0 Å². The van der Waals surface area contributed by atoms with Crippen molar-refractivity contribution in [1.29, 1.82) is 0 Å². The van der Waals surface area contributed by atoms with Gasteiger partial charge >= 0.3 is 17.8 Å². The van der Waals surface area contributed by atoms with E-state index in [2.05, 4.69) is 14.8 Å². The van der Waals surface area contributed by atoms with E-state index in [-0.39, 0.29) is 53.5 Å². The van der Waals surface area contributed by atoms with Crippen LogP contribution in [0, 0.1) is 5.82 Å². The second-order valence-corrected chi connectivity index (χ2v) is 10.5. The van der Waals surface area contributed by atoms with Crippen LogP contribution >= 0.6 is 11.6 Å². The van der Waals surface area contributed by atoms with Crippen LogP contribution in [0.3, 0.4) is 0 Å². The highest BCUT2D eigenvalue weighted by atomic mass is 35.5. The molecule has 5 rings (SSSR count). The van der Waals surface area contributed by atoms with Crippen molar-refractivity contribution in [2.75, 3.05) is 7.11 Å². The number of benzene rings is 3. The number of pyridine rings is 1. The van der Waals surface area contributed by atoms with Crippen LogP contribution in [-0.4, -0.2) is 44.7 Å². The largest absolute Gasteiger partial charge is 0.480 e. The SMILES string of the molecule is CCn1c(COCc2ccccc2)nn(-c2cc(O[C@@H](C)C(F)(F)F)c3c(Oc4c(F)ccc(C(=O)OC)c4Cl)nccc3c2)c1=O. The van der Waals surface area contributed by atoms with Gasteiger partial charge in [-0.1, -0.05) is 41.9 Å². The molecule has 0 saturated heterocycles. The van der Waals surface area contributed by atoms with Crippen molar-refractivity contribution < 1.29 is 41.3 Å². The van der Waals surface area contributed by atoms with Crippen LogP contribution < -0.4 is 15.2 Å². The summed E-state index contributed by atoms with van der Waals surface area (Å²) >= 11 is 6.26. The molecule has 0 unspecified atom stereocenters. The first kappa shape index (κ1) is 33.4. The third kappa shape index (κ3) is 7.08. The highest BCUT2D eigenvalue weighted by Gasteiger charge is 2.38. The minimum atomic E-state index is -4.78. The van der Waals surface area contributed by atoms with Gasteiger partial charge in [0, 0.05) is 18.8 Å². The zero-order valence-electron chi connectivity index (χ0n) is 25.2. The Labute approximate surface area is 270 Å². The molecule has 5 aromatic rings. The van der Waals surface area contributed by atoms with E-state index in [4.69, 9.17) is 25.8 Å². The predicted octanol–water partition coefficient (Wildman–Crippen LogP) is 7.02. The van der Waals surface area contributed by atoms with Crippen LogP contribution in [0.15, 0.2) is 71.7 Å². The Bertz CT molecular complexity index is 1980. The Morgan fingerprint density at radius 1 is 1.06 bits per heavy atom. The minimum absolute atomic E-state index is 0.0219. The maximum Gasteiger partial charge on any atom is 0.425 e. The number of esters is 1. The first-order valence-electron chi connectivity index (χ1n) is 14.1. The van der Waals surface area contributed by atoms with Crippen LogP contribution in [0.1, 0.15) is 35.6 Å². The van der Waals surface area contributed by atoms with Gasteiger partial charge in [0.1, 0.15) is 17.4 Å². The van der Waals surface area contributed by atoms with Gasteiger partial charge in [0.25, 0.3) is 0 Å². The summed E-state index contributed by atoms with van der Waals surface area (Å²) in [5.41, 5.74) is 0.193. The Morgan fingerprint density at radius 3 is 2.49 bits per heavy atom. The molecule has 47 heavy (non-hydrogen) atoms. The summed E-state index contributed by atoms with van der Waals surface area (Å²) in [7, 11) is 1.10. The van der Waals surface area contributed by atoms with Gasteiger partial charge < -0.3 is 18.9 Å². The summed E-state index contributed by atoms with van der Waals surface area (Å²) in [5.74, 6) is -2.97. The van der Waals surface area contributed by atoms with Crippen molar-refractivity contribution in [3.8, 4) is 23.1 Å². The number of rotatable bonds is 11. The van der Waals surface area contributed by atoms with Gasteiger partial charge in [0.2, 0.25) is 5.88 Å². The van der Waals surface area contributed by atoms with Crippen molar-refractivity contribution in [2.45, 2.75) is 45.9 Å². The molecule has 1 atom stereocenters. The first-order valence-corrected chi connectivity index (χ1v) is 14.5. The molecule has 15 heteroatoms. The van der Waals surface area contributed by atoms with Crippen LogP contribution in [0.2, 0.25) is 5.02 Å². The quantitative estimate of drug-likeness (QED) is 0.109. The lowest BCUT2D eigenvalue weighted by Gasteiger charge is -2.20. The Kier molecular flexibility index (Phi) is 9.82.